The maximum absolute atomic E-state index is 6.48. The van der Waals surface area contributed by atoms with E-state index in [1.807, 2.05) is 6.07 Å². The molecule has 1 fully saturated rings. The van der Waals surface area contributed by atoms with Gasteiger partial charge >= 0.3 is 0 Å². The quantitative estimate of drug-likeness (QED) is 0.165. The second-order valence-electron chi connectivity index (χ2n) is 15.1. The van der Waals surface area contributed by atoms with Crippen LogP contribution in [0.1, 0.15) is 35.2 Å². The minimum atomic E-state index is -0.127. The van der Waals surface area contributed by atoms with Crippen molar-refractivity contribution in [2.24, 2.45) is 0 Å². The van der Waals surface area contributed by atoms with Gasteiger partial charge in [0.25, 0.3) is 0 Å². The molecule has 4 heterocycles. The molecule has 0 saturated carbocycles. The van der Waals surface area contributed by atoms with E-state index in [9.17, 15) is 0 Å². The Bertz CT molecular complexity index is 3240. The van der Waals surface area contributed by atoms with E-state index in [4.69, 9.17) is 4.42 Å². The second kappa shape index (κ2) is 12.8. The van der Waals surface area contributed by atoms with Crippen molar-refractivity contribution in [2.45, 2.75) is 18.5 Å². The summed E-state index contributed by atoms with van der Waals surface area (Å²) in [7, 11) is 0. The van der Waals surface area contributed by atoms with Crippen molar-refractivity contribution in [1.29, 1.82) is 0 Å². The first-order valence-electron chi connectivity index (χ1n) is 19.6. The molecular weight excluding hydrogens is 699 g/mol. The maximum atomic E-state index is 6.48. The van der Waals surface area contributed by atoms with Crippen molar-refractivity contribution in [3.63, 3.8) is 0 Å². The highest BCUT2D eigenvalue weighted by molar-refractivity contribution is 6.28. The Kier molecular flexibility index (Phi) is 7.25. The third kappa shape index (κ3) is 5.09. The molecule has 6 nitrogen and oxygen atoms in total. The molecule has 0 radical (unpaired) electrons. The van der Waals surface area contributed by atoms with Gasteiger partial charge in [-0.15, -0.1) is 0 Å². The highest BCUT2D eigenvalue weighted by Gasteiger charge is 2.30. The predicted molar refractivity (Wildman–Crippen MR) is 233 cm³/mol. The molecular formula is C51H37N5O. The van der Waals surface area contributed by atoms with Gasteiger partial charge in [0.1, 0.15) is 11.2 Å². The molecule has 12 rings (SSSR count). The average molecular weight is 736 g/mol. The third-order valence-electron chi connectivity index (χ3n) is 11.8. The number of furan rings is 1. The SMILES string of the molecule is c1ccc(C2NC(c3ccccc3)NC(c3cccc(-n4c5ccccc5c5ccc6c(c7cc8c(cc7n6-c6ccccc6)oc6ccccc68)c54)c3)N2)cc1. The van der Waals surface area contributed by atoms with Crippen molar-refractivity contribution < 1.29 is 4.42 Å². The Hall–Kier alpha value is -6.96. The average Bonchev–Trinajstić information content (AvgIpc) is 3.93. The molecule has 3 aromatic heterocycles. The van der Waals surface area contributed by atoms with Crippen LogP contribution < -0.4 is 16.0 Å². The van der Waals surface area contributed by atoms with Gasteiger partial charge in [0.2, 0.25) is 0 Å². The smallest absolute Gasteiger partial charge is 0.137 e. The van der Waals surface area contributed by atoms with Crippen LogP contribution in [0, 0.1) is 0 Å². The van der Waals surface area contributed by atoms with E-state index in [2.05, 4.69) is 207 Å². The van der Waals surface area contributed by atoms with E-state index in [0.717, 1.165) is 49.9 Å². The number of aromatic nitrogens is 2. The van der Waals surface area contributed by atoms with E-state index in [0.29, 0.717) is 0 Å². The van der Waals surface area contributed by atoms with Crippen LogP contribution in [0.3, 0.4) is 0 Å². The zero-order valence-electron chi connectivity index (χ0n) is 30.9. The first-order valence-corrected chi connectivity index (χ1v) is 19.6. The summed E-state index contributed by atoms with van der Waals surface area (Å²) in [5.74, 6) is 0. The Morgan fingerprint density at radius 3 is 1.68 bits per heavy atom. The molecule has 8 aromatic carbocycles. The van der Waals surface area contributed by atoms with Crippen LogP contribution in [0.5, 0.6) is 0 Å². The van der Waals surface area contributed by atoms with Crippen molar-refractivity contribution in [3.8, 4) is 11.4 Å². The van der Waals surface area contributed by atoms with Crippen LogP contribution >= 0.6 is 0 Å². The van der Waals surface area contributed by atoms with Crippen LogP contribution in [0.2, 0.25) is 0 Å². The van der Waals surface area contributed by atoms with Crippen LogP contribution in [-0.2, 0) is 0 Å². The molecule has 3 N–H and O–H groups in total. The summed E-state index contributed by atoms with van der Waals surface area (Å²) in [6.07, 6.45) is -0.240. The van der Waals surface area contributed by atoms with Gasteiger partial charge in [-0.2, -0.15) is 0 Å². The zero-order valence-corrected chi connectivity index (χ0v) is 30.9. The topological polar surface area (TPSA) is 59.1 Å². The first-order chi connectivity index (χ1) is 28.3. The number of nitrogens with zero attached hydrogens (tertiary/aromatic N) is 2. The summed E-state index contributed by atoms with van der Waals surface area (Å²) in [6, 6.07) is 67.3. The number of rotatable bonds is 5. The molecule has 1 saturated heterocycles. The highest BCUT2D eigenvalue weighted by atomic mass is 16.3. The summed E-state index contributed by atoms with van der Waals surface area (Å²) in [4.78, 5) is 0. The van der Waals surface area contributed by atoms with Crippen LogP contribution in [0.15, 0.2) is 192 Å². The van der Waals surface area contributed by atoms with Gasteiger partial charge in [0.05, 0.1) is 40.6 Å². The van der Waals surface area contributed by atoms with Gasteiger partial charge in [0, 0.05) is 49.8 Å². The van der Waals surface area contributed by atoms with E-state index in [1.165, 1.54) is 43.7 Å². The summed E-state index contributed by atoms with van der Waals surface area (Å²) < 4.78 is 11.4. The molecule has 2 unspecified atom stereocenters. The monoisotopic (exact) mass is 735 g/mol. The van der Waals surface area contributed by atoms with Crippen LogP contribution in [0.25, 0.3) is 76.9 Å². The first kappa shape index (κ1) is 32.3. The minimum absolute atomic E-state index is 0.0564. The Morgan fingerprint density at radius 2 is 0.947 bits per heavy atom. The molecule has 1 aliphatic rings. The lowest BCUT2D eigenvalue weighted by atomic mass is 10.0. The molecule has 0 aliphatic carbocycles. The summed E-state index contributed by atoms with van der Waals surface area (Å²) in [5.41, 5.74) is 12.2. The molecule has 11 aromatic rings. The van der Waals surface area contributed by atoms with Gasteiger partial charge in [-0.05, 0) is 65.2 Å². The zero-order chi connectivity index (χ0) is 37.5. The standard InChI is InChI=1S/C51H37N5O/c1-4-15-32(16-5-1)49-52-50(33-17-6-2-7-18-33)54-51(53-49)34-19-14-22-36(29-34)56-42-25-12-10-23-37(42)39-27-28-43-47(48(39)56)41-30-40-38-24-11-13-26-45(38)57-46(40)31-44(41)55(43)35-20-8-3-9-21-35/h1-31,49-54H. The number of hydrogen-bond acceptors (Lipinski definition) is 4. The van der Waals surface area contributed by atoms with Crippen molar-refractivity contribution in [1.82, 2.24) is 25.1 Å². The van der Waals surface area contributed by atoms with Crippen molar-refractivity contribution >= 4 is 65.6 Å². The fourth-order valence-corrected chi connectivity index (χ4v) is 9.25. The Balaban J connectivity index is 1.11. The lowest BCUT2D eigenvalue weighted by Crippen LogP contribution is -2.54. The van der Waals surface area contributed by atoms with Crippen molar-refractivity contribution in [2.75, 3.05) is 0 Å². The van der Waals surface area contributed by atoms with Crippen LogP contribution in [0.4, 0.5) is 0 Å². The minimum Gasteiger partial charge on any atom is -0.456 e. The van der Waals surface area contributed by atoms with E-state index >= 15 is 0 Å². The summed E-state index contributed by atoms with van der Waals surface area (Å²) >= 11 is 0. The lowest BCUT2D eigenvalue weighted by Gasteiger charge is -2.39. The Morgan fingerprint density at radius 1 is 0.351 bits per heavy atom. The molecule has 272 valence electrons. The fraction of sp³-hybridized carbons (Fsp3) is 0.0588. The fourth-order valence-electron chi connectivity index (χ4n) is 9.25. The van der Waals surface area contributed by atoms with Gasteiger partial charge in [-0.25, -0.2) is 0 Å². The normalized spacial score (nSPS) is 17.4. The van der Waals surface area contributed by atoms with Crippen molar-refractivity contribution in [3.05, 3.63) is 205 Å². The summed E-state index contributed by atoms with van der Waals surface area (Å²) in [6.45, 7) is 0. The molecule has 1 aliphatic heterocycles. The van der Waals surface area contributed by atoms with Crippen LogP contribution in [-0.4, -0.2) is 9.13 Å². The molecule has 2 atom stereocenters. The molecule has 0 bridgehead atoms. The largest absolute Gasteiger partial charge is 0.456 e. The number of nitrogens with one attached hydrogen (secondary N) is 3. The van der Waals surface area contributed by atoms with Gasteiger partial charge in [0.15, 0.2) is 0 Å². The second-order valence-corrected chi connectivity index (χ2v) is 15.1. The third-order valence-corrected chi connectivity index (χ3v) is 11.8. The molecule has 0 amide bonds. The van der Waals surface area contributed by atoms with E-state index in [-0.39, 0.29) is 18.5 Å². The highest BCUT2D eigenvalue weighted by Crippen LogP contribution is 2.44. The van der Waals surface area contributed by atoms with E-state index < -0.39 is 0 Å². The summed E-state index contributed by atoms with van der Waals surface area (Å²) in [5, 5.41) is 18.7. The maximum Gasteiger partial charge on any atom is 0.137 e. The predicted octanol–water partition coefficient (Wildman–Crippen LogP) is 12.0. The molecule has 0 spiro atoms. The Labute approximate surface area is 328 Å². The number of para-hydroxylation sites is 3. The molecule has 57 heavy (non-hydrogen) atoms. The van der Waals surface area contributed by atoms with Gasteiger partial charge in [-0.1, -0.05) is 133 Å². The molecule has 6 heteroatoms. The number of benzene rings is 8. The number of fused-ring (bicyclic) bond motifs is 10. The van der Waals surface area contributed by atoms with Gasteiger partial charge < -0.3 is 13.6 Å². The van der Waals surface area contributed by atoms with Gasteiger partial charge in [-0.3, -0.25) is 16.0 Å². The van der Waals surface area contributed by atoms with E-state index in [1.54, 1.807) is 0 Å². The number of hydrogen-bond donors (Lipinski definition) is 3. The lowest BCUT2D eigenvalue weighted by molar-refractivity contribution is 0.203.